The molecule has 0 saturated heterocycles. The van der Waals surface area contributed by atoms with Gasteiger partial charge in [0.1, 0.15) is 0 Å². The zero-order chi connectivity index (χ0) is 9.02. The molecule has 11 heavy (non-hydrogen) atoms. The van der Waals surface area contributed by atoms with Crippen LogP contribution in [0.25, 0.3) is 0 Å². The molecule has 0 heterocycles. The summed E-state index contributed by atoms with van der Waals surface area (Å²) in [7, 11) is 3.59. The molecule has 0 fully saturated rings. The van der Waals surface area contributed by atoms with Gasteiger partial charge in [0, 0.05) is 0 Å². The SMILES string of the molecule is CC(N=C([Se])N(C)C)C(=O)O. The number of carboxylic acid groups (broad SMARTS) is 1. The van der Waals surface area contributed by atoms with Crippen molar-refractivity contribution in [2.45, 2.75) is 13.0 Å². The molecular weight excluding hydrogens is 211 g/mol. The van der Waals surface area contributed by atoms with Gasteiger partial charge in [-0.2, -0.15) is 0 Å². The van der Waals surface area contributed by atoms with Crippen LogP contribution in [0, 0.1) is 0 Å². The molecule has 0 bridgehead atoms. The summed E-state index contributed by atoms with van der Waals surface area (Å²) in [6, 6.07) is -0.686. The van der Waals surface area contributed by atoms with Gasteiger partial charge in [0.2, 0.25) is 0 Å². The topological polar surface area (TPSA) is 52.9 Å². The molecule has 0 rings (SSSR count). The summed E-state index contributed by atoms with van der Waals surface area (Å²) in [6.45, 7) is 1.53. The Bertz CT molecular complexity index is 179. The van der Waals surface area contributed by atoms with E-state index in [1.807, 2.05) is 0 Å². The molecule has 0 spiro atoms. The number of rotatable bonds is 2. The van der Waals surface area contributed by atoms with Crippen molar-refractivity contribution in [3.8, 4) is 0 Å². The van der Waals surface area contributed by atoms with Gasteiger partial charge in [-0.05, 0) is 0 Å². The van der Waals surface area contributed by atoms with Crippen LogP contribution in [0.4, 0.5) is 0 Å². The number of carboxylic acids is 1. The van der Waals surface area contributed by atoms with Crippen molar-refractivity contribution < 1.29 is 9.90 Å². The summed E-state index contributed by atoms with van der Waals surface area (Å²) in [4.78, 5) is 15.9. The summed E-state index contributed by atoms with van der Waals surface area (Å²) in [5.74, 6) is -0.917. The molecule has 0 aliphatic rings. The van der Waals surface area contributed by atoms with Gasteiger partial charge in [0.05, 0.1) is 0 Å². The molecule has 1 radical (unpaired) electrons. The second-order valence-corrected chi connectivity index (χ2v) is 3.09. The molecule has 0 aliphatic heterocycles. The monoisotopic (exact) mass is 223 g/mol. The van der Waals surface area contributed by atoms with Gasteiger partial charge in [-0.1, -0.05) is 0 Å². The van der Waals surface area contributed by atoms with E-state index in [9.17, 15) is 4.79 Å². The molecule has 1 N–H and O–H groups in total. The first kappa shape index (κ1) is 10.5. The van der Waals surface area contributed by atoms with Crippen LogP contribution >= 0.6 is 0 Å². The van der Waals surface area contributed by atoms with E-state index in [1.165, 1.54) is 6.92 Å². The quantitative estimate of drug-likeness (QED) is 0.391. The van der Waals surface area contributed by atoms with Crippen LogP contribution in [0.1, 0.15) is 6.92 Å². The number of nitrogens with zero attached hydrogens (tertiary/aromatic N) is 2. The number of aliphatic carboxylic acids is 1. The Balaban J connectivity index is 4.19. The molecule has 0 aromatic heterocycles. The molecular formula is C6H11N2O2Se. The van der Waals surface area contributed by atoms with Gasteiger partial charge in [-0.3, -0.25) is 0 Å². The average molecular weight is 222 g/mol. The van der Waals surface area contributed by atoms with E-state index in [0.29, 0.717) is 4.73 Å². The molecule has 63 valence electrons. The van der Waals surface area contributed by atoms with Gasteiger partial charge in [-0.25, -0.2) is 0 Å². The van der Waals surface area contributed by atoms with Gasteiger partial charge >= 0.3 is 73.6 Å². The summed E-state index contributed by atoms with van der Waals surface area (Å²) >= 11 is 2.67. The summed E-state index contributed by atoms with van der Waals surface area (Å²) < 4.78 is 0.597. The second kappa shape index (κ2) is 4.36. The summed E-state index contributed by atoms with van der Waals surface area (Å²) in [5.41, 5.74) is 0. The Hall–Kier alpha value is -0.541. The average Bonchev–Trinajstić information content (AvgIpc) is 1.87. The Morgan fingerprint density at radius 3 is 2.36 bits per heavy atom. The van der Waals surface area contributed by atoms with E-state index >= 15 is 0 Å². The van der Waals surface area contributed by atoms with E-state index in [0.717, 1.165) is 0 Å². The van der Waals surface area contributed by atoms with Crippen molar-refractivity contribution in [2.75, 3.05) is 14.1 Å². The predicted octanol–water partition coefficient (Wildman–Crippen LogP) is -0.454. The third-order valence-corrected chi connectivity index (χ3v) is 2.03. The number of hydrogen-bond acceptors (Lipinski definition) is 2. The van der Waals surface area contributed by atoms with Crippen LogP contribution in [-0.2, 0) is 4.79 Å². The number of carbonyl (C=O) groups is 1. The summed E-state index contributed by atoms with van der Waals surface area (Å²) in [6.07, 6.45) is 0. The Morgan fingerprint density at radius 2 is 2.09 bits per heavy atom. The van der Waals surface area contributed by atoms with Gasteiger partial charge in [0.25, 0.3) is 0 Å². The Kier molecular flexibility index (Phi) is 4.15. The maximum atomic E-state index is 10.3. The van der Waals surface area contributed by atoms with E-state index in [4.69, 9.17) is 5.11 Å². The maximum absolute atomic E-state index is 10.3. The van der Waals surface area contributed by atoms with Crippen molar-refractivity contribution in [1.29, 1.82) is 0 Å². The molecule has 0 aliphatic carbocycles. The number of aliphatic imine (C=N–C) groups is 1. The molecule has 5 heteroatoms. The first-order chi connectivity index (χ1) is 4.95. The van der Waals surface area contributed by atoms with E-state index in [1.54, 1.807) is 19.0 Å². The fourth-order valence-corrected chi connectivity index (χ4v) is 0.668. The van der Waals surface area contributed by atoms with Crippen LogP contribution in [0.3, 0.4) is 0 Å². The Labute approximate surface area is 74.1 Å². The van der Waals surface area contributed by atoms with Crippen molar-refractivity contribution in [1.82, 2.24) is 4.90 Å². The van der Waals surface area contributed by atoms with Crippen LogP contribution < -0.4 is 0 Å². The minimum absolute atomic E-state index is 0.597. The fraction of sp³-hybridized carbons (Fsp3) is 0.667. The molecule has 1 atom stereocenters. The van der Waals surface area contributed by atoms with Gasteiger partial charge < -0.3 is 0 Å². The van der Waals surface area contributed by atoms with Crippen LogP contribution in [0.2, 0.25) is 0 Å². The van der Waals surface area contributed by atoms with E-state index in [2.05, 4.69) is 21.0 Å². The first-order valence-corrected chi connectivity index (χ1v) is 3.95. The zero-order valence-corrected chi connectivity index (χ0v) is 8.45. The van der Waals surface area contributed by atoms with Gasteiger partial charge in [-0.15, -0.1) is 0 Å². The Morgan fingerprint density at radius 1 is 1.64 bits per heavy atom. The molecule has 0 aromatic carbocycles. The standard InChI is InChI=1S/C6H11N2O2Se/c1-4(5(9)10)7-6(11)8(2)3/h4H,1-3H3,(H,9,10). The molecule has 4 nitrogen and oxygen atoms in total. The molecule has 1 unspecified atom stereocenters. The zero-order valence-electron chi connectivity index (χ0n) is 6.74. The van der Waals surface area contributed by atoms with Crippen LogP contribution in [0.15, 0.2) is 4.99 Å². The van der Waals surface area contributed by atoms with Crippen molar-refractivity contribution in [2.24, 2.45) is 4.99 Å². The molecule has 0 amide bonds. The minimum atomic E-state index is -0.917. The van der Waals surface area contributed by atoms with Crippen molar-refractivity contribution >= 4 is 26.7 Å². The van der Waals surface area contributed by atoms with E-state index in [-0.39, 0.29) is 0 Å². The predicted molar refractivity (Wildman–Crippen MR) is 44.0 cm³/mol. The first-order valence-electron chi connectivity index (χ1n) is 3.10. The number of hydrogen-bond donors (Lipinski definition) is 1. The third-order valence-electron chi connectivity index (χ3n) is 1.04. The van der Waals surface area contributed by atoms with Crippen LogP contribution in [-0.4, -0.2) is 56.9 Å². The van der Waals surface area contributed by atoms with Crippen molar-refractivity contribution in [3.05, 3.63) is 0 Å². The van der Waals surface area contributed by atoms with Crippen LogP contribution in [0.5, 0.6) is 0 Å². The van der Waals surface area contributed by atoms with Crippen molar-refractivity contribution in [3.63, 3.8) is 0 Å². The third kappa shape index (κ3) is 4.01. The normalized spacial score (nSPS) is 14.3. The fourth-order valence-electron chi connectivity index (χ4n) is 0.336. The molecule has 0 saturated carbocycles. The molecule has 0 aromatic rings. The second-order valence-electron chi connectivity index (χ2n) is 2.32. The number of amidine groups is 1. The van der Waals surface area contributed by atoms with Gasteiger partial charge in [0.15, 0.2) is 0 Å². The summed E-state index contributed by atoms with van der Waals surface area (Å²) in [5, 5.41) is 8.47. The van der Waals surface area contributed by atoms with E-state index < -0.39 is 12.0 Å².